The Hall–Kier alpha value is -2.69. The number of carbonyl (C=O) groups is 2. The standard InChI is InChI=1S/C16H16N2O3/c19-15(13-8-4-5-11-17-13)18-14(16(20)21)10-9-12-6-2-1-3-7-12/h1-8,11,14H,9-10H2,(H,18,19)(H,20,21)/t14-/m1/s1. The van der Waals surface area contributed by atoms with Crippen LogP contribution in [-0.2, 0) is 11.2 Å². The first-order valence-corrected chi connectivity index (χ1v) is 6.65. The van der Waals surface area contributed by atoms with Crippen molar-refractivity contribution >= 4 is 11.9 Å². The van der Waals surface area contributed by atoms with Gasteiger partial charge in [0.05, 0.1) is 0 Å². The van der Waals surface area contributed by atoms with Gasteiger partial charge in [-0.05, 0) is 30.5 Å². The Morgan fingerprint density at radius 1 is 1.10 bits per heavy atom. The number of hydrogen-bond acceptors (Lipinski definition) is 3. The summed E-state index contributed by atoms with van der Waals surface area (Å²) in [7, 11) is 0. The summed E-state index contributed by atoms with van der Waals surface area (Å²) in [5, 5.41) is 11.7. The third-order valence-corrected chi connectivity index (χ3v) is 3.07. The molecule has 2 aromatic rings. The van der Waals surface area contributed by atoms with E-state index >= 15 is 0 Å². The quantitative estimate of drug-likeness (QED) is 0.849. The van der Waals surface area contributed by atoms with Crippen LogP contribution in [0.25, 0.3) is 0 Å². The predicted octanol–water partition coefficient (Wildman–Crippen LogP) is 1.90. The van der Waals surface area contributed by atoms with Crippen molar-refractivity contribution in [3.63, 3.8) is 0 Å². The number of pyridine rings is 1. The number of amides is 1. The highest BCUT2D eigenvalue weighted by molar-refractivity contribution is 5.94. The number of benzene rings is 1. The topological polar surface area (TPSA) is 79.3 Å². The van der Waals surface area contributed by atoms with Crippen LogP contribution in [0.3, 0.4) is 0 Å². The van der Waals surface area contributed by atoms with E-state index in [1.165, 1.54) is 6.20 Å². The van der Waals surface area contributed by atoms with Crippen LogP contribution in [0.1, 0.15) is 22.5 Å². The molecule has 2 rings (SSSR count). The van der Waals surface area contributed by atoms with Crippen molar-refractivity contribution in [1.82, 2.24) is 10.3 Å². The Labute approximate surface area is 122 Å². The van der Waals surface area contributed by atoms with Gasteiger partial charge in [-0.2, -0.15) is 0 Å². The van der Waals surface area contributed by atoms with Gasteiger partial charge in [0.25, 0.3) is 5.91 Å². The van der Waals surface area contributed by atoms with Gasteiger partial charge in [0, 0.05) is 6.20 Å². The second-order valence-corrected chi connectivity index (χ2v) is 4.60. The van der Waals surface area contributed by atoms with Crippen LogP contribution in [0, 0.1) is 0 Å². The lowest BCUT2D eigenvalue weighted by Crippen LogP contribution is -2.41. The van der Waals surface area contributed by atoms with E-state index in [9.17, 15) is 14.7 Å². The molecule has 5 nitrogen and oxygen atoms in total. The molecule has 1 amide bonds. The van der Waals surface area contributed by atoms with E-state index in [2.05, 4.69) is 10.3 Å². The number of aromatic nitrogens is 1. The summed E-state index contributed by atoms with van der Waals surface area (Å²) in [6.07, 6.45) is 2.41. The van der Waals surface area contributed by atoms with Crippen molar-refractivity contribution in [1.29, 1.82) is 0 Å². The molecule has 0 unspecified atom stereocenters. The normalized spacial score (nSPS) is 11.6. The lowest BCUT2D eigenvalue weighted by atomic mass is 10.1. The van der Waals surface area contributed by atoms with Gasteiger partial charge in [-0.15, -0.1) is 0 Å². The van der Waals surface area contributed by atoms with Gasteiger partial charge in [-0.25, -0.2) is 4.79 Å². The first-order valence-electron chi connectivity index (χ1n) is 6.65. The summed E-state index contributed by atoms with van der Waals surface area (Å²) in [4.78, 5) is 27.1. The second kappa shape index (κ2) is 7.19. The highest BCUT2D eigenvalue weighted by Crippen LogP contribution is 2.06. The van der Waals surface area contributed by atoms with Crippen molar-refractivity contribution in [2.45, 2.75) is 18.9 Å². The Bertz CT molecular complexity index is 599. The van der Waals surface area contributed by atoms with Gasteiger partial charge < -0.3 is 10.4 Å². The Kier molecular flexibility index (Phi) is 5.04. The lowest BCUT2D eigenvalue weighted by molar-refractivity contribution is -0.139. The number of rotatable bonds is 6. The molecule has 1 heterocycles. The average Bonchev–Trinajstić information content (AvgIpc) is 2.52. The number of aliphatic carboxylic acids is 1. The van der Waals surface area contributed by atoms with Gasteiger partial charge >= 0.3 is 5.97 Å². The average molecular weight is 284 g/mol. The molecule has 0 saturated carbocycles. The smallest absolute Gasteiger partial charge is 0.326 e. The molecule has 1 atom stereocenters. The van der Waals surface area contributed by atoms with Crippen molar-refractivity contribution in [3.05, 3.63) is 66.0 Å². The van der Waals surface area contributed by atoms with Crippen LogP contribution in [0.5, 0.6) is 0 Å². The molecular weight excluding hydrogens is 268 g/mol. The van der Waals surface area contributed by atoms with Gasteiger partial charge in [-0.3, -0.25) is 9.78 Å². The molecule has 0 bridgehead atoms. The van der Waals surface area contributed by atoms with E-state index in [0.29, 0.717) is 12.8 Å². The minimum atomic E-state index is -1.05. The molecular formula is C16H16N2O3. The van der Waals surface area contributed by atoms with Crippen LogP contribution < -0.4 is 5.32 Å². The van der Waals surface area contributed by atoms with Gasteiger partial charge in [-0.1, -0.05) is 36.4 Å². The summed E-state index contributed by atoms with van der Waals surface area (Å²) in [5.41, 5.74) is 1.25. The molecule has 0 aliphatic rings. The molecule has 0 radical (unpaired) electrons. The minimum absolute atomic E-state index is 0.212. The molecule has 2 N–H and O–H groups in total. The maximum absolute atomic E-state index is 11.9. The van der Waals surface area contributed by atoms with E-state index in [4.69, 9.17) is 0 Å². The third-order valence-electron chi connectivity index (χ3n) is 3.07. The van der Waals surface area contributed by atoms with Gasteiger partial charge in [0.1, 0.15) is 11.7 Å². The maximum Gasteiger partial charge on any atom is 0.326 e. The van der Waals surface area contributed by atoms with E-state index in [-0.39, 0.29) is 5.69 Å². The van der Waals surface area contributed by atoms with Crippen LogP contribution in [-0.4, -0.2) is 28.0 Å². The Morgan fingerprint density at radius 3 is 2.43 bits per heavy atom. The van der Waals surface area contributed by atoms with Crippen LogP contribution in [0.2, 0.25) is 0 Å². The molecule has 21 heavy (non-hydrogen) atoms. The van der Waals surface area contributed by atoms with Crippen molar-refractivity contribution < 1.29 is 14.7 Å². The zero-order chi connectivity index (χ0) is 15.1. The summed E-state index contributed by atoms with van der Waals surface area (Å²) in [6.45, 7) is 0. The summed E-state index contributed by atoms with van der Waals surface area (Å²) < 4.78 is 0. The third kappa shape index (κ3) is 4.42. The highest BCUT2D eigenvalue weighted by atomic mass is 16.4. The fraction of sp³-hybridized carbons (Fsp3) is 0.188. The fourth-order valence-electron chi connectivity index (χ4n) is 1.94. The molecule has 1 aromatic heterocycles. The molecule has 0 fully saturated rings. The maximum atomic E-state index is 11.9. The van der Waals surface area contributed by atoms with Crippen molar-refractivity contribution in [2.75, 3.05) is 0 Å². The second-order valence-electron chi connectivity index (χ2n) is 4.60. The Morgan fingerprint density at radius 2 is 1.81 bits per heavy atom. The number of carbonyl (C=O) groups excluding carboxylic acids is 1. The lowest BCUT2D eigenvalue weighted by Gasteiger charge is -2.14. The monoisotopic (exact) mass is 284 g/mol. The largest absolute Gasteiger partial charge is 0.480 e. The summed E-state index contributed by atoms with van der Waals surface area (Å²) >= 11 is 0. The number of nitrogens with zero attached hydrogens (tertiary/aromatic N) is 1. The Balaban J connectivity index is 1.96. The summed E-state index contributed by atoms with van der Waals surface area (Å²) in [5.74, 6) is -1.52. The van der Waals surface area contributed by atoms with Crippen molar-refractivity contribution in [2.24, 2.45) is 0 Å². The van der Waals surface area contributed by atoms with Gasteiger partial charge in [0.2, 0.25) is 0 Å². The molecule has 0 aliphatic heterocycles. The van der Waals surface area contributed by atoms with E-state index in [0.717, 1.165) is 5.56 Å². The predicted molar refractivity (Wildman–Crippen MR) is 77.9 cm³/mol. The number of aryl methyl sites for hydroxylation is 1. The first-order chi connectivity index (χ1) is 10.2. The number of carboxylic acids is 1. The first kappa shape index (κ1) is 14.7. The number of carboxylic acid groups (broad SMARTS) is 1. The van der Waals surface area contributed by atoms with E-state index in [1.54, 1.807) is 18.2 Å². The van der Waals surface area contributed by atoms with Crippen LogP contribution in [0.4, 0.5) is 0 Å². The van der Waals surface area contributed by atoms with Gasteiger partial charge in [0.15, 0.2) is 0 Å². The molecule has 0 saturated heterocycles. The van der Waals surface area contributed by atoms with Crippen molar-refractivity contribution in [3.8, 4) is 0 Å². The number of hydrogen-bond donors (Lipinski definition) is 2. The van der Waals surface area contributed by atoms with Crippen LogP contribution >= 0.6 is 0 Å². The fourth-order valence-corrected chi connectivity index (χ4v) is 1.94. The van der Waals surface area contributed by atoms with E-state index < -0.39 is 17.9 Å². The molecule has 108 valence electrons. The molecule has 5 heteroatoms. The molecule has 0 spiro atoms. The molecule has 1 aromatic carbocycles. The number of nitrogens with one attached hydrogen (secondary N) is 1. The van der Waals surface area contributed by atoms with Crippen LogP contribution in [0.15, 0.2) is 54.7 Å². The summed E-state index contributed by atoms with van der Waals surface area (Å²) in [6, 6.07) is 13.6. The minimum Gasteiger partial charge on any atom is -0.480 e. The molecule has 0 aliphatic carbocycles. The zero-order valence-electron chi connectivity index (χ0n) is 11.4. The van der Waals surface area contributed by atoms with E-state index in [1.807, 2.05) is 30.3 Å². The highest BCUT2D eigenvalue weighted by Gasteiger charge is 2.20. The zero-order valence-corrected chi connectivity index (χ0v) is 11.4. The SMILES string of the molecule is O=C(N[C@H](CCc1ccccc1)C(=O)O)c1ccccn1.